The van der Waals surface area contributed by atoms with Crippen LogP contribution < -0.4 is 11.1 Å². The highest BCUT2D eigenvalue weighted by Gasteiger charge is 2.05. The van der Waals surface area contributed by atoms with Crippen molar-refractivity contribution in [3.8, 4) is 0 Å². The van der Waals surface area contributed by atoms with Crippen molar-refractivity contribution in [1.29, 1.82) is 0 Å². The molecule has 0 radical (unpaired) electrons. The number of nitrogens with two attached hydrogens (primary N) is 1. The predicted molar refractivity (Wildman–Crippen MR) is 65.9 cm³/mol. The van der Waals surface area contributed by atoms with E-state index in [1.54, 1.807) is 19.1 Å². The van der Waals surface area contributed by atoms with Crippen LogP contribution in [0.5, 0.6) is 0 Å². The second kappa shape index (κ2) is 4.55. The zero-order valence-corrected chi connectivity index (χ0v) is 9.79. The molecule has 0 spiro atoms. The number of aryl methyl sites for hydroxylation is 1. The van der Waals surface area contributed by atoms with Crippen LogP contribution in [0.2, 0.25) is 5.28 Å². The second-order valence-electron chi connectivity index (χ2n) is 3.53. The third-order valence-corrected chi connectivity index (χ3v) is 2.39. The number of rotatable bonds is 2. The molecule has 0 aliphatic heterocycles. The molecule has 0 aliphatic rings. The van der Waals surface area contributed by atoms with Crippen molar-refractivity contribution in [3.63, 3.8) is 0 Å². The minimum absolute atomic E-state index is 0.0977. The number of nitrogen functional groups attached to an aromatic ring is 1. The minimum atomic E-state index is -0.260. The Morgan fingerprint density at radius 2 is 2.18 bits per heavy atom. The average molecular weight is 253 g/mol. The van der Waals surface area contributed by atoms with Crippen LogP contribution in [0, 0.1) is 12.7 Å². The molecule has 6 heteroatoms. The lowest BCUT2D eigenvalue weighted by Crippen LogP contribution is -2.01. The summed E-state index contributed by atoms with van der Waals surface area (Å²) in [6.07, 6.45) is 1.41. The van der Waals surface area contributed by atoms with E-state index in [1.165, 1.54) is 12.3 Å². The molecule has 17 heavy (non-hydrogen) atoms. The minimum Gasteiger partial charge on any atom is -0.394 e. The van der Waals surface area contributed by atoms with Crippen molar-refractivity contribution >= 4 is 28.8 Å². The topological polar surface area (TPSA) is 63.8 Å². The maximum absolute atomic E-state index is 13.1. The molecule has 0 bridgehead atoms. The molecule has 88 valence electrons. The Morgan fingerprint density at radius 3 is 2.88 bits per heavy atom. The molecule has 0 fully saturated rings. The summed E-state index contributed by atoms with van der Waals surface area (Å²) in [6, 6.07) is 4.62. The zero-order valence-electron chi connectivity index (χ0n) is 9.04. The predicted octanol–water partition coefficient (Wildman–Crippen LogP) is 2.90. The fourth-order valence-electron chi connectivity index (χ4n) is 1.33. The summed E-state index contributed by atoms with van der Waals surface area (Å²) < 4.78 is 13.1. The molecule has 3 N–H and O–H groups in total. The molecular formula is C11H10ClFN4. The van der Waals surface area contributed by atoms with E-state index in [9.17, 15) is 4.39 Å². The average Bonchev–Trinajstić information content (AvgIpc) is 2.29. The van der Waals surface area contributed by atoms with Gasteiger partial charge < -0.3 is 11.1 Å². The van der Waals surface area contributed by atoms with Crippen molar-refractivity contribution in [2.24, 2.45) is 0 Å². The van der Waals surface area contributed by atoms with E-state index >= 15 is 0 Å². The molecule has 0 saturated carbocycles. The van der Waals surface area contributed by atoms with Gasteiger partial charge in [-0.15, -0.1) is 0 Å². The van der Waals surface area contributed by atoms with Crippen LogP contribution in [-0.2, 0) is 0 Å². The molecule has 0 unspecified atom stereocenters. The van der Waals surface area contributed by atoms with Crippen molar-refractivity contribution in [2.75, 3.05) is 11.1 Å². The Hall–Kier alpha value is -1.88. The van der Waals surface area contributed by atoms with Gasteiger partial charge in [0, 0.05) is 5.69 Å². The SMILES string of the molecule is Cc1cc(Nc2nc(Cl)ncc2N)ccc1F. The molecule has 1 heterocycles. The first kappa shape index (κ1) is 11.6. The van der Waals surface area contributed by atoms with E-state index in [4.69, 9.17) is 17.3 Å². The molecule has 0 atom stereocenters. The van der Waals surface area contributed by atoms with Crippen LogP contribution in [0.1, 0.15) is 5.56 Å². The number of nitrogens with zero attached hydrogens (tertiary/aromatic N) is 2. The smallest absolute Gasteiger partial charge is 0.224 e. The van der Waals surface area contributed by atoms with Gasteiger partial charge in [-0.2, -0.15) is 4.98 Å². The fraction of sp³-hybridized carbons (Fsp3) is 0.0909. The third-order valence-electron chi connectivity index (χ3n) is 2.21. The van der Waals surface area contributed by atoms with Crippen LogP contribution in [0.3, 0.4) is 0 Å². The molecular weight excluding hydrogens is 243 g/mol. The Morgan fingerprint density at radius 1 is 1.41 bits per heavy atom. The number of hydrogen-bond donors (Lipinski definition) is 2. The van der Waals surface area contributed by atoms with Crippen LogP contribution in [0.15, 0.2) is 24.4 Å². The molecule has 0 amide bonds. The Bertz CT molecular complexity index is 559. The van der Waals surface area contributed by atoms with E-state index in [0.29, 0.717) is 22.8 Å². The van der Waals surface area contributed by atoms with Crippen LogP contribution in [0.4, 0.5) is 21.6 Å². The van der Waals surface area contributed by atoms with Gasteiger partial charge in [0.25, 0.3) is 0 Å². The highest BCUT2D eigenvalue weighted by Crippen LogP contribution is 2.22. The van der Waals surface area contributed by atoms with Crippen molar-refractivity contribution in [2.45, 2.75) is 6.92 Å². The first-order valence-electron chi connectivity index (χ1n) is 4.87. The van der Waals surface area contributed by atoms with E-state index < -0.39 is 0 Å². The van der Waals surface area contributed by atoms with Crippen LogP contribution in [-0.4, -0.2) is 9.97 Å². The largest absolute Gasteiger partial charge is 0.394 e. The monoisotopic (exact) mass is 252 g/mol. The summed E-state index contributed by atoms with van der Waals surface area (Å²) >= 11 is 5.66. The zero-order chi connectivity index (χ0) is 12.4. The van der Waals surface area contributed by atoms with E-state index in [0.717, 1.165) is 0 Å². The molecule has 0 aliphatic carbocycles. The summed E-state index contributed by atoms with van der Waals surface area (Å²) in [5, 5.41) is 3.05. The standard InChI is InChI=1S/C11H10ClFN4/c1-6-4-7(2-3-8(6)13)16-10-9(14)5-15-11(12)17-10/h2-5H,14H2,1H3,(H,15,16,17). The quantitative estimate of drug-likeness (QED) is 0.807. The number of anilines is 3. The molecule has 2 aromatic rings. The fourth-order valence-corrected chi connectivity index (χ4v) is 1.46. The van der Waals surface area contributed by atoms with Crippen molar-refractivity contribution in [1.82, 2.24) is 9.97 Å². The Labute approximate surface area is 103 Å². The summed E-state index contributed by atoms with van der Waals surface area (Å²) in [6.45, 7) is 1.68. The van der Waals surface area contributed by atoms with Crippen molar-refractivity contribution in [3.05, 3.63) is 41.1 Å². The Kier molecular flexibility index (Phi) is 3.10. The van der Waals surface area contributed by atoms with Crippen molar-refractivity contribution < 1.29 is 4.39 Å². The first-order chi connectivity index (χ1) is 8.06. The lowest BCUT2D eigenvalue weighted by molar-refractivity contribution is 0.619. The van der Waals surface area contributed by atoms with Gasteiger partial charge in [-0.3, -0.25) is 0 Å². The lowest BCUT2D eigenvalue weighted by atomic mass is 10.2. The molecule has 0 saturated heterocycles. The van der Waals surface area contributed by atoms with E-state index in [-0.39, 0.29) is 11.1 Å². The molecule has 4 nitrogen and oxygen atoms in total. The van der Waals surface area contributed by atoms with Gasteiger partial charge in [0.05, 0.1) is 11.9 Å². The number of hydrogen-bond acceptors (Lipinski definition) is 4. The summed E-state index contributed by atoms with van der Waals surface area (Å²) in [5.41, 5.74) is 7.28. The van der Waals surface area contributed by atoms with E-state index in [1.807, 2.05) is 0 Å². The van der Waals surface area contributed by atoms with Gasteiger partial charge in [0.2, 0.25) is 5.28 Å². The van der Waals surface area contributed by atoms with Crippen LogP contribution >= 0.6 is 11.6 Å². The van der Waals surface area contributed by atoms with Gasteiger partial charge in [0.15, 0.2) is 5.82 Å². The highest BCUT2D eigenvalue weighted by atomic mass is 35.5. The second-order valence-corrected chi connectivity index (χ2v) is 3.87. The summed E-state index contributed by atoms with van der Waals surface area (Å²) in [5.74, 6) is 0.139. The Balaban J connectivity index is 2.31. The molecule has 2 rings (SSSR count). The van der Waals surface area contributed by atoms with Gasteiger partial charge in [0.1, 0.15) is 5.82 Å². The summed E-state index contributed by atoms with van der Waals surface area (Å²) in [4.78, 5) is 7.69. The van der Waals surface area contributed by atoms with Gasteiger partial charge in [-0.05, 0) is 42.3 Å². The lowest BCUT2D eigenvalue weighted by Gasteiger charge is -2.08. The third kappa shape index (κ3) is 2.62. The van der Waals surface area contributed by atoms with Crippen LogP contribution in [0.25, 0.3) is 0 Å². The maximum Gasteiger partial charge on any atom is 0.224 e. The number of benzene rings is 1. The first-order valence-corrected chi connectivity index (χ1v) is 5.25. The summed E-state index contributed by atoms with van der Waals surface area (Å²) in [7, 11) is 0. The number of aromatic nitrogens is 2. The number of halogens is 2. The van der Waals surface area contributed by atoms with Gasteiger partial charge >= 0.3 is 0 Å². The molecule has 1 aromatic heterocycles. The molecule has 1 aromatic carbocycles. The van der Waals surface area contributed by atoms with Gasteiger partial charge in [-0.1, -0.05) is 0 Å². The maximum atomic E-state index is 13.1. The normalized spacial score (nSPS) is 10.3. The highest BCUT2D eigenvalue weighted by molar-refractivity contribution is 6.28. The van der Waals surface area contributed by atoms with E-state index in [2.05, 4.69) is 15.3 Å². The van der Waals surface area contributed by atoms with Gasteiger partial charge in [-0.25, -0.2) is 9.37 Å². The number of nitrogens with one attached hydrogen (secondary N) is 1.